The predicted molar refractivity (Wildman–Crippen MR) is 103 cm³/mol. The maximum absolute atomic E-state index is 12.9. The number of nitrogen functional groups attached to an aromatic ring is 1. The second kappa shape index (κ2) is 5.97. The standard InChI is InChI=1S/C20H13ClN4O3/c21-11-7-5-10(6-8-11)14-15-17(12-3-1-2-4-13(12)27-20(15)26)28-19-16(14)18(22)25(23)9-24-19/h1-9,14,22H,23H2. The lowest BCUT2D eigenvalue weighted by Crippen LogP contribution is -2.35. The minimum Gasteiger partial charge on any atom is -0.437 e. The quantitative estimate of drug-likeness (QED) is 0.336. The molecule has 0 fully saturated rings. The summed E-state index contributed by atoms with van der Waals surface area (Å²) in [7, 11) is 0. The van der Waals surface area contributed by atoms with E-state index in [1.54, 1.807) is 36.4 Å². The highest BCUT2D eigenvalue weighted by Crippen LogP contribution is 2.46. The molecule has 5 rings (SSSR count). The molecule has 0 amide bonds. The fraction of sp³-hybridized carbons (Fsp3) is 0.0500. The first-order valence-corrected chi connectivity index (χ1v) is 8.82. The van der Waals surface area contributed by atoms with Gasteiger partial charge in [0, 0.05) is 5.02 Å². The lowest BCUT2D eigenvalue weighted by atomic mass is 9.84. The number of ether oxygens (including phenoxy) is 1. The number of rotatable bonds is 1. The summed E-state index contributed by atoms with van der Waals surface area (Å²) in [6.45, 7) is 0. The number of benzene rings is 2. The number of para-hydroxylation sites is 1. The van der Waals surface area contributed by atoms with Crippen LogP contribution in [0.1, 0.15) is 22.6 Å². The number of hydrogen-bond acceptors (Lipinski definition) is 6. The van der Waals surface area contributed by atoms with Gasteiger partial charge in [-0.2, -0.15) is 0 Å². The molecule has 3 heterocycles. The Morgan fingerprint density at radius 1 is 1.11 bits per heavy atom. The number of halogens is 1. The number of fused-ring (bicyclic) bond motifs is 4. The molecule has 0 radical (unpaired) electrons. The van der Waals surface area contributed by atoms with Crippen molar-refractivity contribution in [1.82, 2.24) is 9.66 Å². The van der Waals surface area contributed by atoms with Crippen molar-refractivity contribution >= 4 is 22.6 Å². The highest BCUT2D eigenvalue weighted by molar-refractivity contribution is 6.30. The van der Waals surface area contributed by atoms with Crippen LogP contribution in [0, 0.1) is 5.41 Å². The molecule has 0 bridgehead atoms. The lowest BCUT2D eigenvalue weighted by Gasteiger charge is -2.27. The summed E-state index contributed by atoms with van der Waals surface area (Å²) in [5.74, 6) is 5.82. The van der Waals surface area contributed by atoms with Gasteiger partial charge in [0.2, 0.25) is 5.88 Å². The van der Waals surface area contributed by atoms with Crippen molar-refractivity contribution < 1.29 is 9.15 Å². The van der Waals surface area contributed by atoms with Gasteiger partial charge < -0.3 is 15.0 Å². The van der Waals surface area contributed by atoms with Crippen LogP contribution in [0.5, 0.6) is 11.6 Å². The normalized spacial score (nSPS) is 15.0. The molecule has 1 aliphatic heterocycles. The zero-order valence-electron chi connectivity index (χ0n) is 14.3. The molecule has 7 nitrogen and oxygen atoms in total. The smallest absolute Gasteiger partial charge is 0.344 e. The van der Waals surface area contributed by atoms with E-state index < -0.39 is 11.5 Å². The summed E-state index contributed by atoms with van der Waals surface area (Å²) in [5.41, 5.74) is 1.31. The van der Waals surface area contributed by atoms with E-state index in [1.165, 1.54) is 6.33 Å². The number of nitrogens with one attached hydrogen (secondary N) is 1. The second-order valence-electron chi connectivity index (χ2n) is 6.43. The van der Waals surface area contributed by atoms with E-state index in [9.17, 15) is 4.79 Å². The summed E-state index contributed by atoms with van der Waals surface area (Å²) in [5, 5.41) is 9.64. The van der Waals surface area contributed by atoms with Gasteiger partial charge >= 0.3 is 5.63 Å². The molecule has 8 heteroatoms. The molecule has 0 spiro atoms. The van der Waals surface area contributed by atoms with Crippen LogP contribution < -0.4 is 21.7 Å². The van der Waals surface area contributed by atoms with Crippen LogP contribution in [0.4, 0.5) is 0 Å². The van der Waals surface area contributed by atoms with E-state index >= 15 is 0 Å². The largest absolute Gasteiger partial charge is 0.437 e. The Morgan fingerprint density at radius 2 is 1.86 bits per heavy atom. The molecular weight excluding hydrogens is 380 g/mol. The Hall–Kier alpha value is -3.58. The highest BCUT2D eigenvalue weighted by atomic mass is 35.5. The zero-order valence-corrected chi connectivity index (χ0v) is 15.1. The van der Waals surface area contributed by atoms with Crippen LogP contribution >= 0.6 is 11.6 Å². The lowest BCUT2D eigenvalue weighted by molar-refractivity contribution is 0.416. The topological polar surface area (TPSA) is 107 Å². The van der Waals surface area contributed by atoms with Gasteiger partial charge in [-0.05, 0) is 29.8 Å². The summed E-state index contributed by atoms with van der Waals surface area (Å²) >= 11 is 6.04. The first-order chi connectivity index (χ1) is 13.5. The Bertz CT molecular complexity index is 1360. The van der Waals surface area contributed by atoms with Gasteiger partial charge in [0.15, 0.2) is 11.2 Å². The van der Waals surface area contributed by atoms with Gasteiger partial charge in [0.25, 0.3) is 0 Å². The van der Waals surface area contributed by atoms with E-state index in [4.69, 9.17) is 32.0 Å². The fourth-order valence-corrected chi connectivity index (χ4v) is 3.67. The minimum absolute atomic E-state index is 0.0110. The van der Waals surface area contributed by atoms with Crippen molar-refractivity contribution in [3.8, 4) is 11.6 Å². The first kappa shape index (κ1) is 16.6. The Labute approximate surface area is 163 Å². The number of aromatic nitrogens is 2. The summed E-state index contributed by atoms with van der Waals surface area (Å²) in [6.07, 6.45) is 1.30. The Morgan fingerprint density at radius 3 is 2.64 bits per heavy atom. The van der Waals surface area contributed by atoms with Crippen LogP contribution in [-0.4, -0.2) is 9.66 Å². The average molecular weight is 393 g/mol. The van der Waals surface area contributed by atoms with Gasteiger partial charge in [-0.15, -0.1) is 0 Å². The van der Waals surface area contributed by atoms with Crippen molar-refractivity contribution in [2.24, 2.45) is 0 Å². The Kier molecular flexibility index (Phi) is 3.53. The molecule has 1 aliphatic rings. The summed E-state index contributed by atoms with van der Waals surface area (Å²) < 4.78 is 12.6. The van der Waals surface area contributed by atoms with Crippen molar-refractivity contribution in [2.45, 2.75) is 5.92 Å². The third-order valence-corrected chi connectivity index (χ3v) is 5.07. The van der Waals surface area contributed by atoms with E-state index in [0.29, 0.717) is 32.9 Å². The SMILES string of the molecule is N=c1c2c(ncn1N)Oc1c(c(=O)oc3ccccc13)C2c1ccc(Cl)cc1. The van der Waals surface area contributed by atoms with Crippen LogP contribution in [0.25, 0.3) is 11.0 Å². The molecule has 2 aromatic heterocycles. The third-order valence-electron chi connectivity index (χ3n) is 4.82. The van der Waals surface area contributed by atoms with Crippen LogP contribution in [0.3, 0.4) is 0 Å². The summed E-state index contributed by atoms with van der Waals surface area (Å²) in [6, 6.07) is 14.2. The maximum Gasteiger partial charge on any atom is 0.344 e. The van der Waals surface area contributed by atoms with Gasteiger partial charge in [-0.25, -0.2) is 14.5 Å². The molecule has 4 aromatic rings. The van der Waals surface area contributed by atoms with Crippen molar-refractivity contribution in [2.75, 3.05) is 5.84 Å². The van der Waals surface area contributed by atoms with E-state index in [1.807, 2.05) is 12.1 Å². The minimum atomic E-state index is -0.632. The highest BCUT2D eigenvalue weighted by Gasteiger charge is 2.36. The van der Waals surface area contributed by atoms with Gasteiger partial charge in [0.1, 0.15) is 11.9 Å². The average Bonchev–Trinajstić information content (AvgIpc) is 2.70. The predicted octanol–water partition coefficient (Wildman–Crippen LogP) is 3.12. The van der Waals surface area contributed by atoms with Crippen LogP contribution in [0.15, 0.2) is 64.1 Å². The molecule has 1 atom stereocenters. The van der Waals surface area contributed by atoms with Crippen molar-refractivity contribution in [3.63, 3.8) is 0 Å². The van der Waals surface area contributed by atoms with E-state index in [2.05, 4.69) is 4.98 Å². The van der Waals surface area contributed by atoms with E-state index in [-0.39, 0.29) is 11.4 Å². The molecule has 0 aliphatic carbocycles. The molecule has 2 aromatic carbocycles. The van der Waals surface area contributed by atoms with Crippen molar-refractivity contribution in [3.05, 3.63) is 92.5 Å². The van der Waals surface area contributed by atoms with Gasteiger partial charge in [-0.3, -0.25) is 5.41 Å². The zero-order chi connectivity index (χ0) is 19.4. The molecule has 1 unspecified atom stereocenters. The molecule has 3 N–H and O–H groups in total. The molecule has 0 saturated heterocycles. The van der Waals surface area contributed by atoms with Crippen molar-refractivity contribution in [1.29, 1.82) is 5.41 Å². The van der Waals surface area contributed by atoms with Crippen LogP contribution in [-0.2, 0) is 0 Å². The van der Waals surface area contributed by atoms with E-state index in [0.717, 1.165) is 10.2 Å². The first-order valence-electron chi connectivity index (χ1n) is 8.45. The molecular formula is C20H13ClN4O3. The fourth-order valence-electron chi connectivity index (χ4n) is 3.55. The monoisotopic (exact) mass is 392 g/mol. The number of nitrogens with zero attached hydrogens (tertiary/aromatic N) is 2. The van der Waals surface area contributed by atoms with Gasteiger partial charge in [-0.1, -0.05) is 35.9 Å². The number of nitrogens with two attached hydrogens (primary N) is 1. The van der Waals surface area contributed by atoms with Crippen LogP contribution in [0.2, 0.25) is 5.02 Å². The molecule has 28 heavy (non-hydrogen) atoms. The Balaban J connectivity index is 1.92. The van der Waals surface area contributed by atoms with Gasteiger partial charge in [0.05, 0.1) is 22.4 Å². The second-order valence-corrected chi connectivity index (χ2v) is 6.87. The molecule has 138 valence electrons. The summed E-state index contributed by atoms with van der Waals surface area (Å²) in [4.78, 5) is 17.2. The third kappa shape index (κ3) is 2.33. The molecule has 0 saturated carbocycles. The maximum atomic E-state index is 12.9. The number of hydrogen-bond donors (Lipinski definition) is 2.